The van der Waals surface area contributed by atoms with Gasteiger partial charge in [-0.15, -0.1) is 11.8 Å². The quantitative estimate of drug-likeness (QED) is 0.702. The number of ether oxygens (including phenoxy) is 2. The Labute approximate surface area is 174 Å². The standard InChI is InChI=1S/C22H23NO5S/c1-13-6-5-7-16(14(13)2)23-21(25)19(20(22(23)26)29-11-10-24)15-8-9-17(27-3)18(12-15)28-4/h5-9,12,24H,10-11H2,1-4H3. The minimum atomic E-state index is -0.392. The largest absolute Gasteiger partial charge is 0.493 e. The first-order valence-corrected chi connectivity index (χ1v) is 10.1. The number of hydrogen-bond donors (Lipinski definition) is 1. The lowest BCUT2D eigenvalue weighted by atomic mass is 10.0. The molecule has 0 spiro atoms. The molecule has 6 nitrogen and oxygen atoms in total. The normalized spacial score (nSPS) is 14.0. The zero-order chi connectivity index (χ0) is 21.1. The third kappa shape index (κ3) is 3.75. The van der Waals surface area contributed by atoms with E-state index >= 15 is 0 Å². The van der Waals surface area contributed by atoms with E-state index in [1.54, 1.807) is 24.3 Å². The van der Waals surface area contributed by atoms with Gasteiger partial charge in [0.05, 0.1) is 37.0 Å². The maximum absolute atomic E-state index is 13.4. The van der Waals surface area contributed by atoms with Crippen molar-refractivity contribution in [1.29, 1.82) is 0 Å². The summed E-state index contributed by atoms with van der Waals surface area (Å²) in [7, 11) is 3.05. The average Bonchev–Trinajstić information content (AvgIpc) is 2.97. The maximum Gasteiger partial charge on any atom is 0.272 e. The molecule has 3 rings (SSSR count). The Balaban J connectivity index is 2.14. The zero-order valence-corrected chi connectivity index (χ0v) is 17.6. The van der Waals surface area contributed by atoms with Gasteiger partial charge in [0.15, 0.2) is 11.5 Å². The number of imide groups is 1. The van der Waals surface area contributed by atoms with E-state index < -0.39 is 5.91 Å². The molecular weight excluding hydrogens is 390 g/mol. The molecule has 0 aliphatic carbocycles. The molecule has 1 heterocycles. The van der Waals surface area contributed by atoms with Crippen molar-refractivity contribution in [2.45, 2.75) is 13.8 Å². The summed E-state index contributed by atoms with van der Waals surface area (Å²) in [4.78, 5) is 28.2. The van der Waals surface area contributed by atoms with Gasteiger partial charge in [-0.2, -0.15) is 0 Å². The zero-order valence-electron chi connectivity index (χ0n) is 16.8. The fourth-order valence-corrected chi connectivity index (χ4v) is 4.09. The smallest absolute Gasteiger partial charge is 0.272 e. The predicted octanol–water partition coefficient (Wildman–Crippen LogP) is 3.33. The van der Waals surface area contributed by atoms with Gasteiger partial charge in [0.25, 0.3) is 11.8 Å². The molecule has 2 aromatic carbocycles. The van der Waals surface area contributed by atoms with Crippen molar-refractivity contribution in [3.63, 3.8) is 0 Å². The summed E-state index contributed by atoms with van der Waals surface area (Å²) < 4.78 is 10.6. The number of carbonyl (C=O) groups excluding carboxylic acids is 2. The Kier molecular flexibility index (Phi) is 6.30. The van der Waals surface area contributed by atoms with Crippen molar-refractivity contribution in [2.75, 3.05) is 31.5 Å². The molecule has 0 radical (unpaired) electrons. The molecule has 152 valence electrons. The van der Waals surface area contributed by atoms with Crippen molar-refractivity contribution < 1.29 is 24.2 Å². The number of anilines is 1. The molecule has 1 aliphatic rings. The van der Waals surface area contributed by atoms with Gasteiger partial charge in [-0.3, -0.25) is 9.59 Å². The molecule has 0 aromatic heterocycles. The van der Waals surface area contributed by atoms with Gasteiger partial charge < -0.3 is 14.6 Å². The summed E-state index contributed by atoms with van der Waals surface area (Å²) in [6, 6.07) is 10.7. The molecule has 2 aromatic rings. The summed E-state index contributed by atoms with van der Waals surface area (Å²) in [6.07, 6.45) is 0. The van der Waals surface area contributed by atoms with Gasteiger partial charge in [-0.25, -0.2) is 4.90 Å². The van der Waals surface area contributed by atoms with Crippen LogP contribution in [0.1, 0.15) is 16.7 Å². The van der Waals surface area contributed by atoms with Crippen LogP contribution in [0.15, 0.2) is 41.3 Å². The topological polar surface area (TPSA) is 76.1 Å². The van der Waals surface area contributed by atoms with Crippen molar-refractivity contribution >= 4 is 34.8 Å². The van der Waals surface area contributed by atoms with Crippen molar-refractivity contribution in [3.05, 3.63) is 58.0 Å². The van der Waals surface area contributed by atoms with E-state index in [1.807, 2.05) is 26.0 Å². The van der Waals surface area contributed by atoms with Gasteiger partial charge in [0, 0.05) is 5.75 Å². The Morgan fingerprint density at radius 3 is 2.38 bits per heavy atom. The van der Waals surface area contributed by atoms with Crippen LogP contribution in [0.3, 0.4) is 0 Å². The highest BCUT2D eigenvalue weighted by Crippen LogP contribution is 2.41. The molecule has 29 heavy (non-hydrogen) atoms. The number of benzene rings is 2. The van der Waals surface area contributed by atoms with E-state index in [1.165, 1.54) is 30.9 Å². The SMILES string of the molecule is COc1ccc(C2=C(SCCO)C(=O)N(c3cccc(C)c3C)C2=O)cc1OC. The first-order valence-electron chi connectivity index (χ1n) is 9.09. The molecule has 1 aliphatic heterocycles. The molecule has 0 saturated heterocycles. The van der Waals surface area contributed by atoms with E-state index in [0.717, 1.165) is 11.1 Å². The van der Waals surface area contributed by atoms with Crippen molar-refractivity contribution in [3.8, 4) is 11.5 Å². The van der Waals surface area contributed by atoms with Gasteiger partial charge in [-0.1, -0.05) is 18.2 Å². The van der Waals surface area contributed by atoms with E-state index in [4.69, 9.17) is 9.47 Å². The number of aryl methyl sites for hydroxylation is 1. The molecule has 0 bridgehead atoms. The van der Waals surface area contributed by atoms with Gasteiger partial charge >= 0.3 is 0 Å². The second-order valence-electron chi connectivity index (χ2n) is 6.51. The third-order valence-corrected chi connectivity index (χ3v) is 5.92. The average molecular weight is 413 g/mol. The second-order valence-corrected chi connectivity index (χ2v) is 7.62. The van der Waals surface area contributed by atoms with Crippen LogP contribution in [0, 0.1) is 13.8 Å². The highest BCUT2D eigenvalue weighted by Gasteiger charge is 2.41. The number of aliphatic hydroxyl groups excluding tert-OH is 1. The number of carbonyl (C=O) groups is 2. The van der Waals surface area contributed by atoms with Crippen molar-refractivity contribution in [1.82, 2.24) is 0 Å². The molecule has 0 unspecified atom stereocenters. The number of hydrogen-bond acceptors (Lipinski definition) is 6. The fraction of sp³-hybridized carbons (Fsp3) is 0.273. The summed E-state index contributed by atoms with van der Waals surface area (Å²) in [5.41, 5.74) is 3.30. The Morgan fingerprint density at radius 1 is 1.00 bits per heavy atom. The van der Waals surface area contributed by atoms with Crippen LogP contribution in [0.5, 0.6) is 11.5 Å². The Bertz CT molecular complexity index is 999. The lowest BCUT2D eigenvalue weighted by Crippen LogP contribution is -2.32. The van der Waals surface area contributed by atoms with Gasteiger partial charge in [0.2, 0.25) is 0 Å². The second kappa shape index (κ2) is 8.71. The lowest BCUT2D eigenvalue weighted by Gasteiger charge is -2.19. The number of methoxy groups -OCH3 is 2. The Hall–Kier alpha value is -2.77. The molecule has 0 saturated carbocycles. The van der Waals surface area contributed by atoms with Crippen LogP contribution >= 0.6 is 11.8 Å². The third-order valence-electron chi connectivity index (χ3n) is 4.87. The number of aliphatic hydroxyl groups is 1. The number of nitrogens with zero attached hydrogens (tertiary/aromatic N) is 1. The predicted molar refractivity (Wildman–Crippen MR) is 114 cm³/mol. The van der Waals surface area contributed by atoms with Gasteiger partial charge in [0.1, 0.15) is 0 Å². The van der Waals surface area contributed by atoms with E-state index in [-0.39, 0.29) is 12.5 Å². The summed E-state index contributed by atoms with van der Waals surface area (Å²) >= 11 is 1.18. The van der Waals surface area contributed by atoms with Crippen LogP contribution in [0.25, 0.3) is 5.57 Å². The van der Waals surface area contributed by atoms with Crippen LogP contribution in [-0.4, -0.2) is 43.5 Å². The molecule has 7 heteroatoms. The highest BCUT2D eigenvalue weighted by atomic mass is 32.2. The fourth-order valence-electron chi connectivity index (χ4n) is 3.23. The summed E-state index contributed by atoms with van der Waals surface area (Å²) in [5, 5.41) is 9.26. The van der Waals surface area contributed by atoms with E-state index in [2.05, 4.69) is 0 Å². The maximum atomic E-state index is 13.4. The minimum absolute atomic E-state index is 0.0989. The molecule has 0 fully saturated rings. The van der Waals surface area contributed by atoms with Crippen LogP contribution < -0.4 is 14.4 Å². The number of amides is 2. The first kappa shape index (κ1) is 21.0. The van der Waals surface area contributed by atoms with E-state index in [9.17, 15) is 14.7 Å². The van der Waals surface area contributed by atoms with E-state index in [0.29, 0.717) is 39.0 Å². The highest BCUT2D eigenvalue weighted by molar-refractivity contribution is 8.04. The summed E-state index contributed by atoms with van der Waals surface area (Å²) in [6.45, 7) is 3.73. The minimum Gasteiger partial charge on any atom is -0.493 e. The van der Waals surface area contributed by atoms with Crippen LogP contribution in [0.2, 0.25) is 0 Å². The monoisotopic (exact) mass is 413 g/mol. The van der Waals surface area contributed by atoms with Crippen LogP contribution in [0.4, 0.5) is 5.69 Å². The van der Waals surface area contributed by atoms with Gasteiger partial charge in [-0.05, 0) is 48.7 Å². The lowest BCUT2D eigenvalue weighted by molar-refractivity contribution is -0.119. The molecule has 0 atom stereocenters. The van der Waals surface area contributed by atoms with Crippen molar-refractivity contribution in [2.24, 2.45) is 0 Å². The number of thioether (sulfide) groups is 1. The molecular formula is C22H23NO5S. The number of rotatable bonds is 7. The Morgan fingerprint density at radius 2 is 1.72 bits per heavy atom. The van der Waals surface area contributed by atoms with Crippen LogP contribution in [-0.2, 0) is 9.59 Å². The summed E-state index contributed by atoms with van der Waals surface area (Å²) in [5.74, 6) is 0.536. The molecule has 1 N–H and O–H groups in total. The molecule has 2 amide bonds. The first-order chi connectivity index (χ1) is 13.9.